The van der Waals surface area contributed by atoms with Crippen molar-refractivity contribution in [1.29, 1.82) is 0 Å². The molecule has 0 radical (unpaired) electrons. The average molecular weight is 551 g/mol. The quantitative estimate of drug-likeness (QED) is 0.231. The molecule has 206 valence electrons. The number of cyclic esters (lactones) is 1. The number of hydrogen-bond acceptors (Lipinski definition) is 8. The van der Waals surface area contributed by atoms with Gasteiger partial charge in [-0.05, 0) is 68.8 Å². The van der Waals surface area contributed by atoms with Crippen LogP contribution in [0, 0.1) is 6.92 Å². The Morgan fingerprint density at radius 2 is 2.00 bits per heavy atom. The van der Waals surface area contributed by atoms with Gasteiger partial charge in [-0.15, -0.1) is 0 Å². The summed E-state index contributed by atoms with van der Waals surface area (Å²) in [7, 11) is 0. The van der Waals surface area contributed by atoms with Crippen molar-refractivity contribution < 1.29 is 24.2 Å². The Bertz CT molecular complexity index is 1870. The first-order valence-electron chi connectivity index (χ1n) is 13.2. The normalized spacial score (nSPS) is 19.1. The Kier molecular flexibility index (Phi) is 6.36. The Balaban J connectivity index is 1.26. The van der Waals surface area contributed by atoms with E-state index in [4.69, 9.17) is 14.5 Å². The molecule has 3 aromatic rings. The molecule has 1 amide bonds. The fourth-order valence-corrected chi connectivity index (χ4v) is 5.61. The zero-order valence-corrected chi connectivity index (χ0v) is 22.6. The molecule has 0 unspecified atom stereocenters. The predicted molar refractivity (Wildman–Crippen MR) is 149 cm³/mol. The standard InChI is InChI=1S/C31H26N4O6/c1-4-5-6-11-32-19-9-12-34(13-10-19)30(38)41-20-7-8-25-21(14-20)18(2)22-16-35-26(27(22)33-25)15-24-23(28(35)36)17-40-29(37)31(24,3)39/h7-8,14-15,19,39H,1,9-10,12-13,16-17H2,2-3H3/t31-/m0/s1. The van der Waals surface area contributed by atoms with E-state index < -0.39 is 17.7 Å². The number of carbonyl (C=O) groups excluding carboxylic acids is 2. The van der Waals surface area contributed by atoms with E-state index in [1.807, 2.05) is 6.92 Å². The highest BCUT2D eigenvalue weighted by Crippen LogP contribution is 2.39. The van der Waals surface area contributed by atoms with E-state index in [9.17, 15) is 19.5 Å². The van der Waals surface area contributed by atoms with Gasteiger partial charge < -0.3 is 24.0 Å². The van der Waals surface area contributed by atoms with E-state index in [0.29, 0.717) is 48.6 Å². The van der Waals surface area contributed by atoms with Crippen molar-refractivity contribution >= 4 is 28.8 Å². The van der Waals surface area contributed by atoms with E-state index in [2.05, 4.69) is 34.6 Å². The fourth-order valence-electron chi connectivity index (χ4n) is 5.61. The van der Waals surface area contributed by atoms with Gasteiger partial charge in [0.2, 0.25) is 0 Å². The van der Waals surface area contributed by atoms with Crippen molar-refractivity contribution in [2.45, 2.75) is 51.5 Å². The van der Waals surface area contributed by atoms with Crippen molar-refractivity contribution in [1.82, 2.24) is 14.5 Å². The third-order valence-corrected chi connectivity index (χ3v) is 7.95. The third-order valence-electron chi connectivity index (χ3n) is 7.95. The molecule has 1 N–H and O–H groups in total. The number of fused-ring (bicyclic) bond motifs is 5. The number of pyridine rings is 2. The largest absolute Gasteiger partial charge is 0.458 e. The Labute approximate surface area is 234 Å². The Morgan fingerprint density at radius 1 is 1.22 bits per heavy atom. The van der Waals surface area contributed by atoms with Crippen LogP contribution in [0.1, 0.15) is 42.0 Å². The van der Waals surface area contributed by atoms with Gasteiger partial charge in [0.15, 0.2) is 5.60 Å². The number of amides is 1. The lowest BCUT2D eigenvalue weighted by Gasteiger charge is -2.29. The molecule has 1 fully saturated rings. The molecular formula is C31H26N4O6. The van der Waals surface area contributed by atoms with Crippen LogP contribution in [0.2, 0.25) is 0 Å². The van der Waals surface area contributed by atoms with Gasteiger partial charge in [0, 0.05) is 41.2 Å². The topological polar surface area (TPSA) is 123 Å². The maximum atomic E-state index is 13.3. The zero-order valence-electron chi connectivity index (χ0n) is 22.6. The van der Waals surface area contributed by atoms with Gasteiger partial charge in [0.1, 0.15) is 12.4 Å². The summed E-state index contributed by atoms with van der Waals surface area (Å²) >= 11 is 0. The molecule has 10 nitrogen and oxygen atoms in total. The minimum Gasteiger partial charge on any atom is -0.458 e. The highest BCUT2D eigenvalue weighted by atomic mass is 16.6. The third kappa shape index (κ3) is 4.43. The van der Waals surface area contributed by atoms with E-state index in [0.717, 1.165) is 16.5 Å². The molecule has 3 aliphatic heterocycles. The molecule has 0 aliphatic carbocycles. The van der Waals surface area contributed by atoms with Crippen LogP contribution < -0.4 is 10.3 Å². The fraction of sp³-hybridized carbons (Fsp3) is 0.323. The maximum Gasteiger partial charge on any atom is 0.415 e. The van der Waals surface area contributed by atoms with E-state index in [1.54, 1.807) is 33.7 Å². The first-order valence-corrected chi connectivity index (χ1v) is 13.2. The zero-order chi connectivity index (χ0) is 28.9. The molecule has 0 saturated carbocycles. The van der Waals surface area contributed by atoms with Crippen molar-refractivity contribution in [3.63, 3.8) is 0 Å². The van der Waals surface area contributed by atoms with Crippen LogP contribution in [0.4, 0.5) is 4.79 Å². The van der Waals surface area contributed by atoms with Gasteiger partial charge in [-0.2, -0.15) is 0 Å². The number of carbonyl (C=O) groups is 2. The van der Waals surface area contributed by atoms with Crippen molar-refractivity contribution in [2.75, 3.05) is 13.1 Å². The molecule has 0 spiro atoms. The van der Waals surface area contributed by atoms with Gasteiger partial charge in [-0.25, -0.2) is 19.6 Å². The molecule has 1 aromatic carbocycles. The average Bonchev–Trinajstić information content (AvgIpc) is 3.33. The number of rotatable bonds is 2. The lowest BCUT2D eigenvalue weighted by molar-refractivity contribution is -0.169. The lowest BCUT2D eigenvalue weighted by atomic mass is 9.89. The van der Waals surface area contributed by atoms with Crippen LogP contribution in [-0.2, 0) is 28.3 Å². The first-order chi connectivity index (χ1) is 19.7. The van der Waals surface area contributed by atoms with Gasteiger partial charge in [-0.1, -0.05) is 5.73 Å². The lowest BCUT2D eigenvalue weighted by Crippen LogP contribution is -2.42. The predicted octanol–water partition coefficient (Wildman–Crippen LogP) is 3.28. The summed E-state index contributed by atoms with van der Waals surface area (Å²) in [4.78, 5) is 49.2. The molecule has 10 heteroatoms. The molecule has 1 atom stereocenters. The SMILES string of the molecule is C=C=C=C=C=NC1CCN(C(=O)Oc2ccc3nc4c(c(C)c3c2)Cn2c-4cc3c(c2=O)COC(=O)[C@@]3(C)O)CC1. The Hall–Kier alpha value is -4.93. The summed E-state index contributed by atoms with van der Waals surface area (Å²) in [5, 5.41) is 11.6. The number of piperidine rings is 1. The highest BCUT2D eigenvalue weighted by Gasteiger charge is 2.43. The number of likely N-dealkylation sites (tertiary alicyclic amines) is 1. The minimum absolute atomic E-state index is 0.0518. The molecule has 2 aromatic heterocycles. The van der Waals surface area contributed by atoms with Gasteiger partial charge in [0.05, 0.1) is 35.1 Å². The number of aliphatic hydroxyl groups is 1. The molecule has 0 bridgehead atoms. The van der Waals surface area contributed by atoms with Crippen LogP contribution in [0.15, 0.2) is 57.8 Å². The summed E-state index contributed by atoms with van der Waals surface area (Å²) in [6, 6.07) is 6.96. The molecular weight excluding hydrogens is 524 g/mol. The molecule has 1 saturated heterocycles. The molecule has 41 heavy (non-hydrogen) atoms. The first kappa shape index (κ1) is 26.3. The van der Waals surface area contributed by atoms with Crippen molar-refractivity contribution in [2.24, 2.45) is 4.99 Å². The second-order valence-corrected chi connectivity index (χ2v) is 10.5. The second kappa shape index (κ2) is 9.92. The van der Waals surface area contributed by atoms with E-state index >= 15 is 0 Å². The van der Waals surface area contributed by atoms with Gasteiger partial charge in [-0.3, -0.25) is 4.79 Å². The van der Waals surface area contributed by atoms with Crippen LogP contribution in [0.25, 0.3) is 22.3 Å². The minimum atomic E-state index is -1.92. The van der Waals surface area contributed by atoms with Crippen LogP contribution in [0.3, 0.4) is 0 Å². The summed E-state index contributed by atoms with van der Waals surface area (Å²) in [5.74, 6) is 2.28. The maximum absolute atomic E-state index is 13.3. The number of ether oxygens (including phenoxy) is 2. The van der Waals surface area contributed by atoms with E-state index in [-0.39, 0.29) is 35.9 Å². The van der Waals surface area contributed by atoms with Crippen LogP contribution in [0.5, 0.6) is 5.75 Å². The smallest absolute Gasteiger partial charge is 0.415 e. The van der Waals surface area contributed by atoms with Gasteiger partial charge in [0.25, 0.3) is 5.56 Å². The summed E-state index contributed by atoms with van der Waals surface area (Å²) < 4.78 is 12.4. The molecule has 3 aliphatic rings. The van der Waals surface area contributed by atoms with E-state index in [1.165, 1.54) is 6.92 Å². The second-order valence-electron chi connectivity index (χ2n) is 10.5. The number of aryl methyl sites for hydroxylation is 1. The number of aromatic nitrogens is 2. The molecule has 6 rings (SSSR count). The summed E-state index contributed by atoms with van der Waals surface area (Å²) in [5.41, 5.74) is 9.45. The number of aliphatic imine (C=N–C) groups is 1. The summed E-state index contributed by atoms with van der Waals surface area (Å²) in [6.45, 7) is 7.80. The van der Waals surface area contributed by atoms with Crippen LogP contribution >= 0.6 is 0 Å². The Morgan fingerprint density at radius 3 is 2.76 bits per heavy atom. The highest BCUT2D eigenvalue weighted by molar-refractivity contribution is 5.90. The number of nitrogens with zero attached hydrogens (tertiary/aromatic N) is 4. The van der Waals surface area contributed by atoms with Crippen LogP contribution in [-0.4, -0.2) is 56.6 Å². The number of hydrogen-bond donors (Lipinski definition) is 1. The van der Waals surface area contributed by atoms with Crippen molar-refractivity contribution in [3.05, 3.63) is 80.6 Å². The number of esters is 1. The monoisotopic (exact) mass is 550 g/mol. The van der Waals surface area contributed by atoms with Gasteiger partial charge >= 0.3 is 12.1 Å². The van der Waals surface area contributed by atoms with Crippen molar-refractivity contribution in [3.8, 4) is 17.1 Å². The number of benzene rings is 1. The molecule has 5 heterocycles. The summed E-state index contributed by atoms with van der Waals surface area (Å²) in [6.07, 6.45) is 0.943.